The number of amides is 2. The standard InChI is InChI=1S/C28H50N2O/c1-4-5-6-7-8-9-10-11-12-13-14-15-16-17-18-22-25-30(28(31)29(2)3)26-27-23-20-19-21-24-27/h19-21,23-24H,4-18,22,25-26H2,1-3H3. The lowest BCUT2D eigenvalue weighted by molar-refractivity contribution is 0.167. The highest BCUT2D eigenvalue weighted by Crippen LogP contribution is 2.14. The maximum atomic E-state index is 12.5. The fourth-order valence-corrected chi connectivity index (χ4v) is 4.18. The quantitative estimate of drug-likeness (QED) is 0.202. The highest BCUT2D eigenvalue weighted by Gasteiger charge is 2.15. The van der Waals surface area contributed by atoms with Gasteiger partial charge in [-0.2, -0.15) is 0 Å². The van der Waals surface area contributed by atoms with E-state index in [1.165, 1.54) is 102 Å². The molecule has 0 unspecified atom stereocenters. The highest BCUT2D eigenvalue weighted by atomic mass is 16.2. The van der Waals surface area contributed by atoms with Gasteiger partial charge in [-0.3, -0.25) is 0 Å². The van der Waals surface area contributed by atoms with E-state index in [9.17, 15) is 4.79 Å². The lowest BCUT2D eigenvalue weighted by Crippen LogP contribution is -2.39. The molecule has 0 fully saturated rings. The van der Waals surface area contributed by atoms with Gasteiger partial charge in [0.1, 0.15) is 0 Å². The van der Waals surface area contributed by atoms with Gasteiger partial charge in [-0.05, 0) is 12.0 Å². The minimum Gasteiger partial charge on any atom is -0.331 e. The first-order chi connectivity index (χ1) is 15.1. The van der Waals surface area contributed by atoms with Crippen molar-refractivity contribution in [2.45, 2.75) is 116 Å². The number of nitrogens with zero attached hydrogens (tertiary/aromatic N) is 2. The first-order valence-corrected chi connectivity index (χ1v) is 13.1. The number of carbonyl (C=O) groups excluding carboxylic acids is 1. The van der Waals surface area contributed by atoms with Gasteiger partial charge in [-0.15, -0.1) is 0 Å². The summed E-state index contributed by atoms with van der Waals surface area (Å²) in [5.41, 5.74) is 1.20. The summed E-state index contributed by atoms with van der Waals surface area (Å²) in [5.74, 6) is 0. The minimum absolute atomic E-state index is 0.116. The SMILES string of the molecule is CCCCCCCCCCCCCCCCCCN(Cc1ccccc1)C(=O)N(C)C. The van der Waals surface area contributed by atoms with E-state index in [1.54, 1.807) is 4.90 Å². The molecule has 0 saturated carbocycles. The Labute approximate surface area is 193 Å². The topological polar surface area (TPSA) is 23.6 Å². The predicted octanol–water partition coefficient (Wildman–Crippen LogP) is 8.43. The van der Waals surface area contributed by atoms with Crippen molar-refractivity contribution in [1.82, 2.24) is 9.80 Å². The summed E-state index contributed by atoms with van der Waals surface area (Å²) >= 11 is 0. The molecule has 0 spiro atoms. The van der Waals surface area contributed by atoms with Crippen molar-refractivity contribution < 1.29 is 4.79 Å². The summed E-state index contributed by atoms with van der Waals surface area (Å²) in [6.07, 6.45) is 22.0. The van der Waals surface area contributed by atoms with Crippen LogP contribution in [0.2, 0.25) is 0 Å². The Bertz CT molecular complexity index is 529. The second-order valence-corrected chi connectivity index (χ2v) is 9.39. The van der Waals surface area contributed by atoms with Crippen LogP contribution in [0.15, 0.2) is 30.3 Å². The third-order valence-electron chi connectivity index (χ3n) is 6.15. The molecule has 1 aromatic carbocycles. The third kappa shape index (κ3) is 15.0. The normalized spacial score (nSPS) is 10.9. The second-order valence-electron chi connectivity index (χ2n) is 9.39. The molecule has 0 heterocycles. The lowest BCUT2D eigenvalue weighted by atomic mass is 10.0. The van der Waals surface area contributed by atoms with E-state index in [-0.39, 0.29) is 6.03 Å². The van der Waals surface area contributed by atoms with Crippen LogP contribution in [-0.2, 0) is 6.54 Å². The van der Waals surface area contributed by atoms with Crippen LogP contribution in [0, 0.1) is 0 Å². The molecule has 1 aromatic rings. The molecule has 0 radical (unpaired) electrons. The first kappa shape index (κ1) is 27.5. The van der Waals surface area contributed by atoms with Crippen molar-refractivity contribution in [2.75, 3.05) is 20.6 Å². The average Bonchev–Trinajstić information content (AvgIpc) is 2.78. The maximum absolute atomic E-state index is 12.5. The van der Waals surface area contributed by atoms with E-state index in [0.29, 0.717) is 6.54 Å². The van der Waals surface area contributed by atoms with Crippen LogP contribution in [0.25, 0.3) is 0 Å². The highest BCUT2D eigenvalue weighted by molar-refractivity contribution is 5.73. The van der Waals surface area contributed by atoms with Crippen molar-refractivity contribution in [3.63, 3.8) is 0 Å². The number of carbonyl (C=O) groups is 1. The van der Waals surface area contributed by atoms with Gasteiger partial charge in [-0.1, -0.05) is 134 Å². The molecular formula is C28H50N2O. The van der Waals surface area contributed by atoms with Crippen molar-refractivity contribution in [3.8, 4) is 0 Å². The van der Waals surface area contributed by atoms with Crippen LogP contribution >= 0.6 is 0 Å². The summed E-state index contributed by atoms with van der Waals surface area (Å²) < 4.78 is 0. The van der Waals surface area contributed by atoms with E-state index < -0.39 is 0 Å². The Hall–Kier alpha value is -1.51. The lowest BCUT2D eigenvalue weighted by Gasteiger charge is -2.26. The smallest absolute Gasteiger partial charge is 0.319 e. The molecule has 3 heteroatoms. The molecule has 178 valence electrons. The molecule has 0 aliphatic heterocycles. The molecule has 0 aliphatic carbocycles. The summed E-state index contributed by atoms with van der Waals surface area (Å²) in [6.45, 7) is 3.84. The molecule has 3 nitrogen and oxygen atoms in total. The summed E-state index contributed by atoms with van der Waals surface area (Å²) in [6, 6.07) is 10.4. The maximum Gasteiger partial charge on any atom is 0.319 e. The molecule has 31 heavy (non-hydrogen) atoms. The summed E-state index contributed by atoms with van der Waals surface area (Å²) in [5, 5.41) is 0. The van der Waals surface area contributed by atoms with Gasteiger partial charge >= 0.3 is 6.03 Å². The Morgan fingerprint density at radius 1 is 0.645 bits per heavy atom. The zero-order valence-corrected chi connectivity index (χ0v) is 20.9. The Kier molecular flexibility index (Phi) is 17.0. The van der Waals surface area contributed by atoms with E-state index >= 15 is 0 Å². The van der Waals surface area contributed by atoms with Gasteiger partial charge in [-0.25, -0.2) is 4.79 Å². The minimum atomic E-state index is 0.116. The molecule has 2 amide bonds. The zero-order valence-electron chi connectivity index (χ0n) is 20.9. The predicted molar refractivity (Wildman–Crippen MR) is 135 cm³/mol. The number of hydrogen-bond acceptors (Lipinski definition) is 1. The van der Waals surface area contributed by atoms with Gasteiger partial charge in [0, 0.05) is 27.2 Å². The molecular weight excluding hydrogens is 380 g/mol. The van der Waals surface area contributed by atoms with E-state index in [2.05, 4.69) is 19.1 Å². The molecule has 0 aliphatic rings. The molecule has 1 rings (SSSR count). The van der Waals surface area contributed by atoms with Crippen molar-refractivity contribution in [3.05, 3.63) is 35.9 Å². The Morgan fingerprint density at radius 2 is 1.06 bits per heavy atom. The first-order valence-electron chi connectivity index (χ1n) is 13.1. The third-order valence-corrected chi connectivity index (χ3v) is 6.15. The second kappa shape index (κ2) is 19.2. The Morgan fingerprint density at radius 3 is 1.48 bits per heavy atom. The number of unbranched alkanes of at least 4 members (excludes halogenated alkanes) is 15. The zero-order chi connectivity index (χ0) is 22.6. The summed E-state index contributed by atoms with van der Waals surface area (Å²) in [7, 11) is 3.68. The molecule has 0 N–H and O–H groups in total. The van der Waals surface area contributed by atoms with Crippen molar-refractivity contribution in [1.29, 1.82) is 0 Å². The van der Waals surface area contributed by atoms with Crippen LogP contribution in [0.4, 0.5) is 4.79 Å². The molecule has 0 atom stereocenters. The van der Waals surface area contributed by atoms with Gasteiger partial charge in [0.05, 0.1) is 0 Å². The van der Waals surface area contributed by atoms with Crippen LogP contribution in [-0.4, -0.2) is 36.5 Å². The van der Waals surface area contributed by atoms with Gasteiger partial charge < -0.3 is 9.80 Å². The van der Waals surface area contributed by atoms with E-state index in [1.807, 2.05) is 37.2 Å². The fraction of sp³-hybridized carbons (Fsp3) is 0.750. The van der Waals surface area contributed by atoms with Gasteiger partial charge in [0.25, 0.3) is 0 Å². The largest absolute Gasteiger partial charge is 0.331 e. The van der Waals surface area contributed by atoms with E-state index in [0.717, 1.165) is 13.0 Å². The average molecular weight is 431 g/mol. The van der Waals surface area contributed by atoms with Crippen molar-refractivity contribution >= 4 is 6.03 Å². The van der Waals surface area contributed by atoms with Crippen LogP contribution in [0.3, 0.4) is 0 Å². The molecule has 0 saturated heterocycles. The monoisotopic (exact) mass is 430 g/mol. The van der Waals surface area contributed by atoms with Crippen LogP contribution in [0.5, 0.6) is 0 Å². The fourth-order valence-electron chi connectivity index (χ4n) is 4.18. The number of benzene rings is 1. The summed E-state index contributed by atoms with van der Waals surface area (Å²) in [4.78, 5) is 16.2. The van der Waals surface area contributed by atoms with E-state index in [4.69, 9.17) is 0 Å². The number of urea groups is 1. The molecule has 0 bridgehead atoms. The van der Waals surface area contributed by atoms with Crippen LogP contribution in [0.1, 0.15) is 115 Å². The van der Waals surface area contributed by atoms with Crippen LogP contribution < -0.4 is 0 Å². The number of rotatable bonds is 19. The number of hydrogen-bond donors (Lipinski definition) is 0. The van der Waals surface area contributed by atoms with Crippen molar-refractivity contribution in [2.24, 2.45) is 0 Å². The van der Waals surface area contributed by atoms with Gasteiger partial charge in [0.15, 0.2) is 0 Å². The Balaban J connectivity index is 1.99. The van der Waals surface area contributed by atoms with Gasteiger partial charge in [0.2, 0.25) is 0 Å². The molecule has 0 aromatic heterocycles.